The summed E-state index contributed by atoms with van der Waals surface area (Å²) >= 11 is 0. The van der Waals surface area contributed by atoms with Gasteiger partial charge in [0.2, 0.25) is 0 Å². The van der Waals surface area contributed by atoms with Gasteiger partial charge >= 0.3 is 0 Å². The summed E-state index contributed by atoms with van der Waals surface area (Å²) in [4.78, 5) is 11.3. The highest BCUT2D eigenvalue weighted by atomic mass is 16.5. The summed E-state index contributed by atoms with van der Waals surface area (Å²) < 4.78 is 7.17. The average Bonchev–Trinajstić information content (AvgIpc) is 2.84. The van der Waals surface area contributed by atoms with E-state index >= 15 is 0 Å². The van der Waals surface area contributed by atoms with E-state index in [0.717, 1.165) is 11.4 Å². The summed E-state index contributed by atoms with van der Waals surface area (Å²) in [7, 11) is 1.91. The van der Waals surface area contributed by atoms with E-state index < -0.39 is 0 Å². The average molecular weight is 272 g/mol. The fourth-order valence-electron chi connectivity index (χ4n) is 2.31. The molecular formula is C14H16N4O2. The Morgan fingerprint density at radius 3 is 3.05 bits per heavy atom. The molecule has 0 bridgehead atoms. The zero-order chi connectivity index (χ0) is 14.1. The maximum Gasteiger partial charge on any atom is 0.262 e. The highest BCUT2D eigenvalue weighted by molar-refractivity contribution is 5.96. The molecule has 1 aromatic carbocycles. The predicted molar refractivity (Wildman–Crippen MR) is 75.8 cm³/mol. The van der Waals surface area contributed by atoms with Gasteiger partial charge in [-0.15, -0.1) is 0 Å². The molecule has 3 rings (SSSR count). The van der Waals surface area contributed by atoms with Crippen LogP contribution in [0.5, 0.6) is 5.75 Å². The standard InChI is InChI=1S/C14H16N4O2/c1-9(12-5-6-15-18(12)2)16-10-3-4-13-11(7-10)17-14(19)8-20-13/h3-7,9,16H,8H2,1-2H3,(H,17,19). The van der Waals surface area contributed by atoms with E-state index in [2.05, 4.69) is 22.7 Å². The van der Waals surface area contributed by atoms with Gasteiger partial charge in [-0.1, -0.05) is 0 Å². The molecule has 1 aromatic heterocycles. The van der Waals surface area contributed by atoms with Crippen molar-refractivity contribution in [2.75, 3.05) is 17.2 Å². The van der Waals surface area contributed by atoms with E-state index in [0.29, 0.717) is 11.4 Å². The Bertz CT molecular complexity index is 650. The molecule has 0 radical (unpaired) electrons. The van der Waals surface area contributed by atoms with Crippen LogP contribution in [0.25, 0.3) is 0 Å². The number of hydrogen-bond donors (Lipinski definition) is 2. The number of hydrogen-bond acceptors (Lipinski definition) is 4. The largest absolute Gasteiger partial charge is 0.482 e. The number of carbonyl (C=O) groups is 1. The van der Waals surface area contributed by atoms with E-state index in [1.54, 1.807) is 6.20 Å². The normalized spacial score (nSPS) is 15.0. The Morgan fingerprint density at radius 2 is 2.30 bits per heavy atom. The van der Waals surface area contributed by atoms with E-state index in [9.17, 15) is 4.79 Å². The second-order valence-electron chi connectivity index (χ2n) is 4.79. The van der Waals surface area contributed by atoms with Crippen LogP contribution >= 0.6 is 0 Å². The number of fused-ring (bicyclic) bond motifs is 1. The van der Waals surface area contributed by atoms with Gasteiger partial charge in [0.05, 0.1) is 17.4 Å². The van der Waals surface area contributed by atoms with Crippen LogP contribution in [0.3, 0.4) is 0 Å². The number of carbonyl (C=O) groups excluding carboxylic acids is 1. The van der Waals surface area contributed by atoms with Crippen molar-refractivity contribution in [2.24, 2.45) is 7.05 Å². The molecule has 1 atom stereocenters. The topological polar surface area (TPSA) is 68.2 Å². The molecule has 2 aromatic rings. The summed E-state index contributed by atoms with van der Waals surface area (Å²) in [6.45, 7) is 2.14. The molecule has 1 amide bonds. The number of benzene rings is 1. The highest BCUT2D eigenvalue weighted by Gasteiger charge is 2.17. The minimum Gasteiger partial charge on any atom is -0.482 e. The van der Waals surface area contributed by atoms with Gasteiger partial charge in [0.25, 0.3) is 5.91 Å². The molecule has 1 aliphatic rings. The molecule has 0 aliphatic carbocycles. The van der Waals surface area contributed by atoms with E-state index in [1.807, 2.05) is 36.0 Å². The number of amides is 1. The first-order chi connectivity index (χ1) is 9.63. The summed E-state index contributed by atoms with van der Waals surface area (Å²) in [5.74, 6) is 0.567. The molecule has 6 nitrogen and oxygen atoms in total. The summed E-state index contributed by atoms with van der Waals surface area (Å²) in [6, 6.07) is 7.75. The maximum atomic E-state index is 11.3. The van der Waals surface area contributed by atoms with Crippen LogP contribution in [0, 0.1) is 0 Å². The summed E-state index contributed by atoms with van der Waals surface area (Å²) in [5, 5.41) is 10.3. The van der Waals surface area contributed by atoms with Crippen LogP contribution in [0.4, 0.5) is 11.4 Å². The third-order valence-electron chi connectivity index (χ3n) is 3.30. The van der Waals surface area contributed by atoms with Crippen molar-refractivity contribution in [3.8, 4) is 5.75 Å². The molecule has 0 fully saturated rings. The number of rotatable bonds is 3. The van der Waals surface area contributed by atoms with Gasteiger partial charge in [-0.3, -0.25) is 9.48 Å². The van der Waals surface area contributed by atoms with Crippen LogP contribution in [0.15, 0.2) is 30.5 Å². The van der Waals surface area contributed by atoms with Crippen LogP contribution in [0.2, 0.25) is 0 Å². The lowest BCUT2D eigenvalue weighted by atomic mass is 10.2. The van der Waals surface area contributed by atoms with Crippen molar-refractivity contribution in [1.82, 2.24) is 9.78 Å². The summed E-state index contributed by atoms with van der Waals surface area (Å²) in [6.07, 6.45) is 1.77. The highest BCUT2D eigenvalue weighted by Crippen LogP contribution is 2.31. The molecule has 2 N–H and O–H groups in total. The summed E-state index contributed by atoms with van der Waals surface area (Å²) in [5.41, 5.74) is 2.70. The number of anilines is 2. The Labute approximate surface area is 116 Å². The fourth-order valence-corrected chi connectivity index (χ4v) is 2.31. The van der Waals surface area contributed by atoms with Crippen LogP contribution in [0.1, 0.15) is 18.7 Å². The van der Waals surface area contributed by atoms with Gasteiger partial charge in [-0.05, 0) is 31.2 Å². The molecule has 0 saturated heterocycles. The Kier molecular flexibility index (Phi) is 3.06. The molecule has 20 heavy (non-hydrogen) atoms. The number of ether oxygens (including phenoxy) is 1. The molecular weight excluding hydrogens is 256 g/mol. The third-order valence-corrected chi connectivity index (χ3v) is 3.30. The third kappa shape index (κ3) is 2.32. The van der Waals surface area contributed by atoms with Crippen molar-refractivity contribution in [2.45, 2.75) is 13.0 Å². The maximum absolute atomic E-state index is 11.3. The number of aryl methyl sites for hydroxylation is 1. The van der Waals surface area contributed by atoms with Crippen molar-refractivity contribution in [1.29, 1.82) is 0 Å². The van der Waals surface area contributed by atoms with Crippen molar-refractivity contribution >= 4 is 17.3 Å². The zero-order valence-corrected chi connectivity index (χ0v) is 11.4. The fraction of sp³-hybridized carbons (Fsp3) is 0.286. The molecule has 0 saturated carbocycles. The quantitative estimate of drug-likeness (QED) is 0.895. The number of aromatic nitrogens is 2. The Hall–Kier alpha value is -2.50. The van der Waals surface area contributed by atoms with Gasteiger partial charge in [0.15, 0.2) is 6.61 Å². The van der Waals surface area contributed by atoms with Crippen LogP contribution in [-0.2, 0) is 11.8 Å². The van der Waals surface area contributed by atoms with Crippen molar-refractivity contribution in [3.05, 3.63) is 36.2 Å². The minimum atomic E-state index is -0.130. The van der Waals surface area contributed by atoms with E-state index in [4.69, 9.17) is 4.74 Å². The lowest BCUT2D eigenvalue weighted by Gasteiger charge is -2.20. The number of nitrogens with zero attached hydrogens (tertiary/aromatic N) is 2. The SMILES string of the molecule is CC(Nc1ccc2c(c1)NC(=O)CO2)c1ccnn1C. The van der Waals surface area contributed by atoms with E-state index in [1.165, 1.54) is 0 Å². The van der Waals surface area contributed by atoms with Crippen molar-refractivity contribution in [3.63, 3.8) is 0 Å². The smallest absolute Gasteiger partial charge is 0.262 e. The zero-order valence-electron chi connectivity index (χ0n) is 11.4. The Balaban J connectivity index is 1.80. The lowest BCUT2D eigenvalue weighted by Crippen LogP contribution is -2.25. The van der Waals surface area contributed by atoms with E-state index in [-0.39, 0.29) is 18.6 Å². The monoisotopic (exact) mass is 272 g/mol. The van der Waals surface area contributed by atoms with Crippen LogP contribution < -0.4 is 15.4 Å². The van der Waals surface area contributed by atoms with Gasteiger partial charge in [0.1, 0.15) is 5.75 Å². The van der Waals surface area contributed by atoms with Gasteiger partial charge in [-0.2, -0.15) is 5.10 Å². The van der Waals surface area contributed by atoms with Gasteiger partial charge < -0.3 is 15.4 Å². The molecule has 0 spiro atoms. The first-order valence-electron chi connectivity index (χ1n) is 6.44. The van der Waals surface area contributed by atoms with Crippen LogP contribution in [-0.4, -0.2) is 22.3 Å². The second-order valence-corrected chi connectivity index (χ2v) is 4.79. The Morgan fingerprint density at radius 1 is 1.45 bits per heavy atom. The van der Waals surface area contributed by atoms with Gasteiger partial charge in [0, 0.05) is 18.9 Å². The second kappa shape index (κ2) is 4.88. The van der Waals surface area contributed by atoms with Crippen molar-refractivity contribution < 1.29 is 9.53 Å². The van der Waals surface area contributed by atoms with Gasteiger partial charge in [-0.25, -0.2) is 0 Å². The molecule has 104 valence electrons. The molecule has 1 aliphatic heterocycles. The molecule has 6 heteroatoms. The number of nitrogens with one attached hydrogen (secondary N) is 2. The molecule has 1 unspecified atom stereocenters. The lowest BCUT2D eigenvalue weighted by molar-refractivity contribution is -0.118. The molecule has 2 heterocycles. The first-order valence-corrected chi connectivity index (χ1v) is 6.44. The first kappa shape index (κ1) is 12.5. The predicted octanol–water partition coefficient (Wildman–Crippen LogP) is 1.92. The minimum absolute atomic E-state index is 0.0746.